The van der Waals surface area contributed by atoms with Gasteiger partial charge < -0.3 is 13.6 Å². The molecule has 0 aromatic heterocycles. The Morgan fingerprint density at radius 1 is 0.674 bits per heavy atom. The van der Waals surface area contributed by atoms with Gasteiger partial charge in [0.15, 0.2) is 0 Å². The molecule has 5 rings (SSSR count). The van der Waals surface area contributed by atoms with E-state index in [0.29, 0.717) is 23.3 Å². The van der Waals surface area contributed by atoms with Crippen LogP contribution in [0.15, 0.2) is 87.7 Å². The number of nitro groups is 2. The van der Waals surface area contributed by atoms with Crippen molar-refractivity contribution < 1.29 is 40.3 Å². The average molecular weight is 626 g/mol. The Labute approximate surface area is 244 Å². The highest BCUT2D eigenvalue weighted by Crippen LogP contribution is 2.49. The van der Waals surface area contributed by atoms with Crippen LogP contribution >= 0.6 is 0 Å². The van der Waals surface area contributed by atoms with Gasteiger partial charge >= 0.3 is 20.2 Å². The number of hydrogen-bond acceptors (Lipinski definition) is 12. The first-order chi connectivity index (χ1) is 20.2. The Bertz CT molecular complexity index is 1960. The monoisotopic (exact) mass is 625 g/mol. The average Bonchev–Trinajstić information content (AvgIpc) is 3.24. The normalized spacial score (nSPS) is 12.3. The predicted molar refractivity (Wildman–Crippen MR) is 151 cm³/mol. The maximum Gasteiger partial charge on any atom is 0.339 e. The number of rotatable bonds is 8. The van der Waals surface area contributed by atoms with Gasteiger partial charge in [0.25, 0.3) is 11.4 Å². The molecule has 0 amide bonds. The third-order valence-corrected chi connectivity index (χ3v) is 8.85. The maximum atomic E-state index is 13.2. The lowest BCUT2D eigenvalue weighted by molar-refractivity contribution is -0.386. The van der Waals surface area contributed by atoms with Crippen LogP contribution < -0.4 is 8.37 Å². The van der Waals surface area contributed by atoms with E-state index in [9.17, 15) is 42.3 Å². The number of aryl methyl sites for hydroxylation is 2. The van der Waals surface area contributed by atoms with Gasteiger partial charge in [0, 0.05) is 23.3 Å². The van der Waals surface area contributed by atoms with Crippen molar-refractivity contribution in [1.29, 1.82) is 0 Å². The van der Waals surface area contributed by atoms with Gasteiger partial charge in [0.2, 0.25) is 0 Å². The summed E-state index contributed by atoms with van der Waals surface area (Å²) in [5.41, 5.74) is -2.64. The van der Waals surface area contributed by atoms with Crippen molar-refractivity contribution in [3.05, 3.63) is 115 Å². The number of oxime groups is 1. The lowest BCUT2D eigenvalue weighted by Crippen LogP contribution is -2.12. The van der Waals surface area contributed by atoms with E-state index in [4.69, 9.17) is 8.37 Å². The quantitative estimate of drug-likeness (QED) is 0.107. The lowest BCUT2D eigenvalue weighted by Gasteiger charge is -2.10. The van der Waals surface area contributed by atoms with Crippen molar-refractivity contribution >= 4 is 37.3 Å². The zero-order valence-corrected chi connectivity index (χ0v) is 23.7. The van der Waals surface area contributed by atoms with Gasteiger partial charge in [-0.3, -0.25) is 20.2 Å². The molecule has 4 aromatic carbocycles. The van der Waals surface area contributed by atoms with Crippen LogP contribution in [0.5, 0.6) is 11.5 Å². The summed E-state index contributed by atoms with van der Waals surface area (Å²) in [7, 11) is -9.43. The largest absolute Gasteiger partial charge is 0.410 e. The van der Waals surface area contributed by atoms with Gasteiger partial charge in [-0.1, -0.05) is 29.4 Å². The Morgan fingerprint density at radius 3 is 1.40 bits per heavy atom. The molecule has 1 aliphatic carbocycles. The molecule has 0 spiro atoms. The molecule has 14 nitrogen and oxygen atoms in total. The van der Waals surface area contributed by atoms with Gasteiger partial charge in [0.1, 0.15) is 27.0 Å². The fraction of sp³-hybridized carbons (Fsp3) is 0.0741. The van der Waals surface area contributed by atoms with Crippen LogP contribution in [0.4, 0.5) is 11.4 Å². The van der Waals surface area contributed by atoms with Crippen LogP contribution in [-0.4, -0.2) is 37.6 Å². The molecule has 220 valence electrons. The van der Waals surface area contributed by atoms with E-state index in [1.165, 1.54) is 36.4 Å². The zero-order valence-electron chi connectivity index (χ0n) is 22.1. The summed E-state index contributed by atoms with van der Waals surface area (Å²) in [6.45, 7) is 3.38. The Kier molecular flexibility index (Phi) is 7.11. The fourth-order valence-electron chi connectivity index (χ4n) is 4.61. The molecule has 1 aliphatic rings. The van der Waals surface area contributed by atoms with E-state index in [0.717, 1.165) is 12.1 Å². The Morgan fingerprint density at radius 2 is 1.07 bits per heavy atom. The topological polar surface area (TPSA) is 206 Å². The van der Waals surface area contributed by atoms with E-state index in [2.05, 4.69) is 5.16 Å². The smallest absolute Gasteiger partial charge is 0.339 e. The van der Waals surface area contributed by atoms with Crippen LogP contribution in [0.25, 0.3) is 11.1 Å². The van der Waals surface area contributed by atoms with Crippen LogP contribution in [0.1, 0.15) is 22.3 Å². The second-order valence-electron chi connectivity index (χ2n) is 9.40. The first-order valence-corrected chi connectivity index (χ1v) is 14.9. The van der Waals surface area contributed by atoms with Crippen LogP contribution in [-0.2, 0) is 20.2 Å². The summed E-state index contributed by atoms with van der Waals surface area (Å²) < 4.78 is 62.9. The standard InChI is InChI=1S/C27H19N3O11S2/c1-15-5-3-7-17(9-15)40-42(36,37)19-11-21-25(23(13-19)29(32)33)26-22(27(21)28-31)12-20(14-24(26)30(34)35)43(38,39)41-18-8-4-6-16(2)10-18/h3-14,31H,1-2H3. The molecule has 0 aliphatic heterocycles. The molecule has 0 fully saturated rings. The van der Waals surface area contributed by atoms with Crippen LogP contribution in [0.2, 0.25) is 0 Å². The van der Waals surface area contributed by atoms with Crippen molar-refractivity contribution in [1.82, 2.24) is 0 Å². The number of fused-ring (bicyclic) bond motifs is 3. The maximum absolute atomic E-state index is 13.2. The van der Waals surface area contributed by atoms with Gasteiger partial charge in [-0.05, 0) is 61.4 Å². The van der Waals surface area contributed by atoms with Crippen molar-refractivity contribution in [3.8, 4) is 22.6 Å². The summed E-state index contributed by atoms with van der Waals surface area (Å²) in [5.74, 6) is -0.164. The van der Waals surface area contributed by atoms with Crippen molar-refractivity contribution in [2.24, 2.45) is 5.16 Å². The molecule has 0 bridgehead atoms. The highest BCUT2D eigenvalue weighted by Gasteiger charge is 2.41. The molecule has 0 saturated heterocycles. The molecule has 1 N–H and O–H groups in total. The van der Waals surface area contributed by atoms with E-state index in [-0.39, 0.29) is 22.6 Å². The molecule has 4 aromatic rings. The highest BCUT2D eigenvalue weighted by molar-refractivity contribution is 7.87. The summed E-state index contributed by atoms with van der Waals surface area (Å²) in [6, 6.07) is 15.1. The first-order valence-electron chi connectivity index (χ1n) is 12.1. The summed E-state index contributed by atoms with van der Waals surface area (Å²) in [6.07, 6.45) is 0. The minimum atomic E-state index is -4.71. The summed E-state index contributed by atoms with van der Waals surface area (Å²) in [4.78, 5) is 21.0. The van der Waals surface area contributed by atoms with Gasteiger partial charge in [-0.15, -0.1) is 0 Å². The molecule has 0 heterocycles. The minimum absolute atomic E-state index is 0.0819. The van der Waals surface area contributed by atoms with Gasteiger partial charge in [-0.2, -0.15) is 16.8 Å². The second-order valence-corrected chi connectivity index (χ2v) is 12.5. The zero-order chi connectivity index (χ0) is 31.3. The Balaban J connectivity index is 1.71. The molecule has 0 atom stereocenters. The molecular formula is C27H19N3O11S2. The van der Waals surface area contributed by atoms with E-state index < -0.39 is 68.1 Å². The second kappa shape index (κ2) is 10.5. The lowest BCUT2D eigenvalue weighted by atomic mass is 10.0. The van der Waals surface area contributed by atoms with Crippen molar-refractivity contribution in [2.45, 2.75) is 23.6 Å². The fourth-order valence-corrected chi connectivity index (χ4v) is 6.56. The predicted octanol–water partition coefficient (Wildman–Crippen LogP) is 4.86. The molecule has 0 saturated carbocycles. The van der Waals surface area contributed by atoms with Crippen molar-refractivity contribution in [3.63, 3.8) is 0 Å². The summed E-state index contributed by atoms with van der Waals surface area (Å²) in [5, 5.41) is 37.4. The third kappa shape index (κ3) is 5.35. The minimum Gasteiger partial charge on any atom is -0.410 e. The molecule has 16 heteroatoms. The number of nitro benzene ring substituents is 2. The molecule has 43 heavy (non-hydrogen) atoms. The summed E-state index contributed by atoms with van der Waals surface area (Å²) >= 11 is 0. The van der Waals surface area contributed by atoms with Gasteiger partial charge in [0.05, 0.1) is 21.0 Å². The van der Waals surface area contributed by atoms with E-state index in [1.54, 1.807) is 26.0 Å². The third-order valence-electron chi connectivity index (χ3n) is 6.40. The molecule has 0 unspecified atom stereocenters. The van der Waals surface area contributed by atoms with Crippen LogP contribution in [0, 0.1) is 34.1 Å². The Hall–Kier alpha value is -5.35. The molecular weight excluding hydrogens is 606 g/mol. The van der Waals surface area contributed by atoms with Crippen LogP contribution in [0.3, 0.4) is 0 Å². The first kappa shape index (κ1) is 29.2. The van der Waals surface area contributed by atoms with Gasteiger partial charge in [-0.25, -0.2) is 0 Å². The van der Waals surface area contributed by atoms with Crippen molar-refractivity contribution in [2.75, 3.05) is 0 Å². The molecule has 0 radical (unpaired) electrons. The number of benzene rings is 4. The van der Waals surface area contributed by atoms with E-state index >= 15 is 0 Å². The number of nitrogens with zero attached hydrogens (tertiary/aromatic N) is 3. The van der Waals surface area contributed by atoms with E-state index in [1.807, 2.05) is 0 Å². The highest BCUT2D eigenvalue weighted by atomic mass is 32.2. The number of hydrogen-bond donors (Lipinski definition) is 1. The SMILES string of the molecule is Cc1cccc(OS(=O)(=O)c2cc3c(c([N+](=O)[O-])c2)-c2c(cc(S(=O)(=O)Oc4cccc(C)c4)cc2[N+](=O)[O-])C3=NO)c1.